The molecule has 1 atom stereocenters. The van der Waals surface area contributed by atoms with Gasteiger partial charge in [0.2, 0.25) is 0 Å². The Labute approximate surface area is 214 Å². The van der Waals surface area contributed by atoms with Crippen molar-refractivity contribution in [3.8, 4) is 10.6 Å². The fourth-order valence-electron chi connectivity index (χ4n) is 3.82. The van der Waals surface area contributed by atoms with Gasteiger partial charge in [-0.25, -0.2) is 19.6 Å². The molecule has 0 radical (unpaired) electrons. The van der Waals surface area contributed by atoms with Gasteiger partial charge in [-0.1, -0.05) is 6.07 Å². The van der Waals surface area contributed by atoms with Crippen molar-refractivity contribution < 1.29 is 14.3 Å². The number of nitrogens with one attached hydrogen (secondary N) is 3. The van der Waals surface area contributed by atoms with E-state index in [-0.39, 0.29) is 12.1 Å². The first-order chi connectivity index (χ1) is 17.3. The highest BCUT2D eigenvalue weighted by atomic mass is 32.1. The topological polar surface area (TPSA) is 121 Å². The molecule has 4 heterocycles. The number of carbonyl (C=O) groups excluding carboxylic acids is 2. The SMILES string of the molecule is CC(C)(C)OC(=O)N1CCCCC1CNc1cccc(NC(=O)Nc2csc(-c3ccncc3)n2)n1. The fraction of sp³-hybridized carbons (Fsp3) is 0.400. The number of piperidine rings is 1. The van der Waals surface area contributed by atoms with Crippen molar-refractivity contribution >= 4 is 40.9 Å². The molecular weight excluding hydrogens is 478 g/mol. The Morgan fingerprint density at radius 2 is 1.81 bits per heavy atom. The van der Waals surface area contributed by atoms with E-state index in [2.05, 4.69) is 30.9 Å². The predicted octanol–water partition coefficient (Wildman–Crippen LogP) is 5.45. The molecule has 0 saturated carbocycles. The van der Waals surface area contributed by atoms with E-state index in [0.717, 1.165) is 29.8 Å². The van der Waals surface area contributed by atoms with Crippen LogP contribution >= 0.6 is 11.3 Å². The summed E-state index contributed by atoms with van der Waals surface area (Å²) in [7, 11) is 0. The molecule has 1 unspecified atom stereocenters. The minimum Gasteiger partial charge on any atom is -0.444 e. The van der Waals surface area contributed by atoms with Crippen LogP contribution in [0, 0.1) is 0 Å². The predicted molar refractivity (Wildman–Crippen MR) is 141 cm³/mol. The lowest BCUT2D eigenvalue weighted by Crippen LogP contribution is -2.48. The molecule has 0 aliphatic carbocycles. The van der Waals surface area contributed by atoms with Gasteiger partial charge in [0.05, 0.1) is 6.04 Å². The van der Waals surface area contributed by atoms with E-state index in [1.807, 2.05) is 45.0 Å². The van der Waals surface area contributed by atoms with Gasteiger partial charge in [0, 0.05) is 36.4 Å². The van der Waals surface area contributed by atoms with Crippen molar-refractivity contribution in [1.29, 1.82) is 0 Å². The lowest BCUT2D eigenvalue weighted by atomic mass is 10.0. The second-order valence-electron chi connectivity index (χ2n) is 9.47. The number of ether oxygens (including phenoxy) is 1. The molecular formula is C25H31N7O3S. The molecule has 190 valence electrons. The molecule has 0 bridgehead atoms. The Bertz CT molecular complexity index is 1180. The van der Waals surface area contributed by atoms with Crippen LogP contribution in [0.5, 0.6) is 0 Å². The first-order valence-electron chi connectivity index (χ1n) is 11.9. The van der Waals surface area contributed by atoms with Gasteiger partial charge in [0.15, 0.2) is 0 Å². The number of urea groups is 1. The first-order valence-corrected chi connectivity index (χ1v) is 12.8. The Hall–Kier alpha value is -3.73. The number of thiazole rings is 1. The quantitative estimate of drug-likeness (QED) is 0.404. The van der Waals surface area contributed by atoms with E-state index in [1.165, 1.54) is 11.3 Å². The highest BCUT2D eigenvalue weighted by Crippen LogP contribution is 2.25. The number of carbonyl (C=O) groups is 2. The van der Waals surface area contributed by atoms with E-state index in [0.29, 0.717) is 30.5 Å². The lowest BCUT2D eigenvalue weighted by Gasteiger charge is -2.36. The van der Waals surface area contributed by atoms with Crippen LogP contribution < -0.4 is 16.0 Å². The monoisotopic (exact) mass is 509 g/mol. The number of aromatic nitrogens is 3. The van der Waals surface area contributed by atoms with Crippen molar-refractivity contribution in [2.45, 2.75) is 51.7 Å². The third-order valence-corrected chi connectivity index (χ3v) is 6.33. The highest BCUT2D eigenvalue weighted by Gasteiger charge is 2.30. The van der Waals surface area contributed by atoms with Crippen molar-refractivity contribution in [2.24, 2.45) is 0 Å². The molecule has 3 aromatic heterocycles. The highest BCUT2D eigenvalue weighted by molar-refractivity contribution is 7.13. The van der Waals surface area contributed by atoms with E-state index in [1.54, 1.807) is 28.7 Å². The minimum absolute atomic E-state index is 0.00886. The fourth-order valence-corrected chi connectivity index (χ4v) is 4.58. The van der Waals surface area contributed by atoms with Gasteiger partial charge >= 0.3 is 12.1 Å². The number of hydrogen-bond acceptors (Lipinski definition) is 8. The summed E-state index contributed by atoms with van der Waals surface area (Å²) < 4.78 is 5.58. The zero-order chi connectivity index (χ0) is 25.5. The van der Waals surface area contributed by atoms with Crippen LogP contribution in [0.1, 0.15) is 40.0 Å². The summed E-state index contributed by atoms with van der Waals surface area (Å²) in [5.74, 6) is 1.46. The van der Waals surface area contributed by atoms with Crippen LogP contribution in [0.3, 0.4) is 0 Å². The molecule has 4 rings (SSSR count). The molecule has 36 heavy (non-hydrogen) atoms. The van der Waals surface area contributed by atoms with Crippen LogP contribution in [0.4, 0.5) is 27.0 Å². The van der Waals surface area contributed by atoms with Crippen LogP contribution in [-0.4, -0.2) is 56.7 Å². The van der Waals surface area contributed by atoms with Crippen molar-refractivity contribution in [3.05, 3.63) is 48.1 Å². The van der Waals surface area contributed by atoms with Crippen molar-refractivity contribution in [3.63, 3.8) is 0 Å². The summed E-state index contributed by atoms with van der Waals surface area (Å²) in [6.45, 7) is 6.83. The number of anilines is 3. The van der Waals surface area contributed by atoms with Gasteiger partial charge in [-0.3, -0.25) is 15.6 Å². The third-order valence-electron chi connectivity index (χ3n) is 5.44. The van der Waals surface area contributed by atoms with Gasteiger partial charge < -0.3 is 15.0 Å². The summed E-state index contributed by atoms with van der Waals surface area (Å²) in [4.78, 5) is 39.9. The number of likely N-dealkylation sites (tertiary alicyclic amines) is 1. The molecule has 3 amide bonds. The summed E-state index contributed by atoms with van der Waals surface area (Å²) in [5, 5.41) is 11.3. The summed E-state index contributed by atoms with van der Waals surface area (Å²) >= 11 is 1.43. The molecule has 1 aliphatic heterocycles. The normalized spacial score (nSPS) is 15.8. The molecule has 11 heteroatoms. The number of amides is 3. The average Bonchev–Trinajstić information content (AvgIpc) is 3.31. The Balaban J connectivity index is 1.31. The van der Waals surface area contributed by atoms with Gasteiger partial charge in [-0.05, 0) is 64.3 Å². The molecule has 1 saturated heterocycles. The number of rotatable bonds is 6. The third kappa shape index (κ3) is 7.14. The summed E-state index contributed by atoms with van der Waals surface area (Å²) in [5.41, 5.74) is 0.403. The molecule has 0 spiro atoms. The van der Waals surface area contributed by atoms with Crippen LogP contribution in [0.15, 0.2) is 48.1 Å². The first kappa shape index (κ1) is 25.4. The molecule has 3 aromatic rings. The Morgan fingerprint density at radius 1 is 1.06 bits per heavy atom. The van der Waals surface area contributed by atoms with E-state index in [4.69, 9.17) is 4.74 Å². The maximum Gasteiger partial charge on any atom is 0.410 e. The lowest BCUT2D eigenvalue weighted by molar-refractivity contribution is 0.0114. The maximum absolute atomic E-state index is 12.6. The molecule has 1 aliphatic rings. The van der Waals surface area contributed by atoms with Crippen LogP contribution in [-0.2, 0) is 4.74 Å². The van der Waals surface area contributed by atoms with Crippen LogP contribution in [0.25, 0.3) is 10.6 Å². The second-order valence-corrected chi connectivity index (χ2v) is 10.3. The number of pyridine rings is 2. The average molecular weight is 510 g/mol. The number of hydrogen-bond donors (Lipinski definition) is 3. The zero-order valence-electron chi connectivity index (χ0n) is 20.7. The molecule has 0 aromatic carbocycles. The molecule has 1 fully saturated rings. The molecule has 10 nitrogen and oxygen atoms in total. The minimum atomic E-state index is -0.534. The summed E-state index contributed by atoms with van der Waals surface area (Å²) in [6, 6.07) is 8.65. The number of nitrogens with zero attached hydrogens (tertiary/aromatic N) is 4. The van der Waals surface area contributed by atoms with Gasteiger partial charge in [-0.15, -0.1) is 11.3 Å². The van der Waals surface area contributed by atoms with E-state index >= 15 is 0 Å². The Morgan fingerprint density at radius 3 is 2.58 bits per heavy atom. The van der Waals surface area contributed by atoms with Gasteiger partial charge in [0.1, 0.15) is 28.1 Å². The van der Waals surface area contributed by atoms with Crippen molar-refractivity contribution in [2.75, 3.05) is 29.0 Å². The molecule has 3 N–H and O–H groups in total. The van der Waals surface area contributed by atoms with Gasteiger partial charge in [-0.2, -0.15) is 0 Å². The van der Waals surface area contributed by atoms with Crippen LogP contribution in [0.2, 0.25) is 0 Å². The standard InChI is InChI=1S/C25H31N7O3S/c1-25(2,3)35-24(34)32-14-5-4-7-18(32)15-27-19-8-6-9-20(28-19)30-23(33)31-21-16-36-22(29-21)17-10-12-26-13-11-17/h6,8-13,16,18H,4-5,7,14-15H2,1-3H3,(H3,27,28,30,31,33). The Kier molecular flexibility index (Phi) is 7.99. The van der Waals surface area contributed by atoms with E-state index < -0.39 is 11.6 Å². The van der Waals surface area contributed by atoms with E-state index in [9.17, 15) is 9.59 Å². The maximum atomic E-state index is 12.6. The zero-order valence-corrected chi connectivity index (χ0v) is 21.5. The second kappa shape index (κ2) is 11.3. The largest absolute Gasteiger partial charge is 0.444 e. The van der Waals surface area contributed by atoms with Gasteiger partial charge in [0.25, 0.3) is 0 Å². The van der Waals surface area contributed by atoms with Crippen molar-refractivity contribution in [1.82, 2.24) is 19.9 Å². The smallest absolute Gasteiger partial charge is 0.410 e. The summed E-state index contributed by atoms with van der Waals surface area (Å²) in [6.07, 6.45) is 6.02.